The van der Waals surface area contributed by atoms with Crippen LogP contribution in [-0.2, 0) is 4.79 Å². The Morgan fingerprint density at radius 3 is 2.33 bits per heavy atom. The molecule has 0 radical (unpaired) electrons. The number of aliphatic carboxylic acids is 1. The highest BCUT2D eigenvalue weighted by Crippen LogP contribution is 2.16. The van der Waals surface area contributed by atoms with Crippen LogP contribution in [-0.4, -0.2) is 21.4 Å². The molecule has 1 rings (SSSR count). The van der Waals surface area contributed by atoms with E-state index >= 15 is 0 Å². The summed E-state index contributed by atoms with van der Waals surface area (Å²) in [4.78, 5) is 18.2. The minimum absolute atomic E-state index is 0.0787. The lowest BCUT2D eigenvalue weighted by Gasteiger charge is -1.95. The van der Waals surface area contributed by atoms with Crippen molar-refractivity contribution in [3.05, 3.63) is 40.8 Å². The lowest BCUT2D eigenvalue weighted by molar-refractivity contribution is -0.131. The molecule has 0 spiro atoms. The fourth-order valence-electron chi connectivity index (χ4n) is 0.790. The third-order valence-corrected chi connectivity index (χ3v) is 1.34. The fourth-order valence-corrected chi connectivity index (χ4v) is 0.790. The molecule has 0 aliphatic rings. The summed E-state index contributed by atoms with van der Waals surface area (Å²) in [5.74, 6) is -0.951. The number of rotatable bonds is 2. The zero-order valence-corrected chi connectivity index (χ0v) is 7.57. The fraction of sp³-hybridized carbons (Fsp3) is 0. The number of nitrogens with zero attached hydrogens (tertiary/aromatic N) is 1. The molecule has 0 aliphatic heterocycles. The lowest BCUT2D eigenvalue weighted by atomic mass is 10.2. The van der Waals surface area contributed by atoms with E-state index in [1.165, 1.54) is 17.5 Å². The van der Waals surface area contributed by atoms with Gasteiger partial charge in [-0.25, -0.2) is 4.79 Å². The summed E-state index contributed by atoms with van der Waals surface area (Å²) in [5.41, 5.74) is 0.500. The van der Waals surface area contributed by atoms with Gasteiger partial charge in [0.15, 0.2) is 5.34 Å². The van der Waals surface area contributed by atoms with Crippen LogP contribution >= 0.6 is 0 Å². The monoisotopic (exact) mass is 211 g/mol. The molecule has 80 valence electrons. The van der Waals surface area contributed by atoms with Gasteiger partial charge in [0.2, 0.25) is 0 Å². The van der Waals surface area contributed by atoms with E-state index < -0.39 is 5.97 Å². The van der Waals surface area contributed by atoms with Crippen molar-refractivity contribution in [3.63, 3.8) is 0 Å². The van der Waals surface area contributed by atoms with Crippen molar-refractivity contribution in [2.24, 2.45) is 5.34 Å². The molecule has 1 aromatic rings. The average molecular weight is 211 g/mol. The molecule has 15 heavy (non-hydrogen) atoms. The van der Waals surface area contributed by atoms with Crippen LogP contribution in [0.15, 0.2) is 35.7 Å². The Labute approximate surface area is 85.0 Å². The zero-order valence-electron chi connectivity index (χ0n) is 7.57. The van der Waals surface area contributed by atoms with Crippen molar-refractivity contribution < 1.29 is 20.2 Å². The van der Waals surface area contributed by atoms with Crippen molar-refractivity contribution in [2.45, 2.75) is 0 Å². The number of phenols is 1. The molecule has 6 nitrogen and oxygen atoms in total. The standard InChI is InChI=1S/C9H8O3.HNO2/c10-8-4-2-1-3-7(8)5-6-9(11)12;2-1-3/h1-6,10H,(H,11,12);(H,2,3). The van der Waals surface area contributed by atoms with Crippen molar-refractivity contribution in [1.29, 1.82) is 0 Å². The van der Waals surface area contributed by atoms with Gasteiger partial charge in [-0.1, -0.05) is 18.2 Å². The average Bonchev–Trinajstić information content (AvgIpc) is 2.17. The maximum Gasteiger partial charge on any atom is 0.328 e. The van der Waals surface area contributed by atoms with Gasteiger partial charge in [0.05, 0.1) is 0 Å². The smallest absolute Gasteiger partial charge is 0.328 e. The highest BCUT2D eigenvalue weighted by Gasteiger charge is 1.94. The summed E-state index contributed by atoms with van der Waals surface area (Å²) in [7, 11) is 0. The van der Waals surface area contributed by atoms with Gasteiger partial charge in [-0.2, -0.15) is 0 Å². The highest BCUT2D eigenvalue weighted by atomic mass is 16.6. The van der Waals surface area contributed by atoms with E-state index in [0.717, 1.165) is 6.08 Å². The van der Waals surface area contributed by atoms with Crippen LogP contribution in [0.25, 0.3) is 6.08 Å². The number of carboxylic acids is 1. The maximum atomic E-state index is 10.1. The molecule has 1 aromatic carbocycles. The summed E-state index contributed by atoms with van der Waals surface area (Å²) in [6.45, 7) is 0. The van der Waals surface area contributed by atoms with Crippen molar-refractivity contribution in [2.75, 3.05) is 0 Å². The first-order valence-corrected chi connectivity index (χ1v) is 3.77. The summed E-state index contributed by atoms with van der Waals surface area (Å²) in [5, 5.41) is 25.4. The van der Waals surface area contributed by atoms with Gasteiger partial charge in [-0.15, -0.1) is 4.91 Å². The second kappa shape index (κ2) is 7.07. The van der Waals surface area contributed by atoms with Crippen LogP contribution < -0.4 is 0 Å². The van der Waals surface area contributed by atoms with Crippen LogP contribution in [0, 0.1) is 4.91 Å². The Balaban J connectivity index is 0.000000583. The zero-order chi connectivity index (χ0) is 11.7. The summed E-state index contributed by atoms with van der Waals surface area (Å²) >= 11 is 0. The number of hydrogen-bond donors (Lipinski definition) is 3. The van der Waals surface area contributed by atoms with E-state index in [9.17, 15) is 9.90 Å². The number of benzene rings is 1. The molecule has 0 aliphatic carbocycles. The van der Waals surface area contributed by atoms with E-state index in [1.807, 2.05) is 0 Å². The molecule has 0 saturated heterocycles. The van der Waals surface area contributed by atoms with Crippen molar-refractivity contribution in [3.8, 4) is 5.75 Å². The predicted molar refractivity (Wildman–Crippen MR) is 52.4 cm³/mol. The van der Waals surface area contributed by atoms with Crippen LogP contribution in [0.1, 0.15) is 5.56 Å². The first kappa shape index (κ1) is 12.6. The third-order valence-electron chi connectivity index (χ3n) is 1.34. The number of phenolic OH excluding ortho intramolecular Hbond substituents is 1. The van der Waals surface area contributed by atoms with Crippen molar-refractivity contribution >= 4 is 12.0 Å². The summed E-state index contributed by atoms with van der Waals surface area (Å²) < 4.78 is 0. The molecule has 0 unspecified atom stereocenters. The number of carboxylic acid groups (broad SMARTS) is 1. The second-order valence-electron chi connectivity index (χ2n) is 2.31. The number of para-hydroxylation sites is 1. The molecular formula is C9H9NO5. The molecule has 0 atom stereocenters. The van der Waals surface area contributed by atoms with Gasteiger partial charge in [0.1, 0.15) is 5.75 Å². The number of aromatic hydroxyl groups is 1. The molecule has 0 amide bonds. The molecular weight excluding hydrogens is 202 g/mol. The predicted octanol–water partition coefficient (Wildman–Crippen LogP) is 1.63. The van der Waals surface area contributed by atoms with E-state index in [0.29, 0.717) is 5.56 Å². The molecule has 6 heteroatoms. The Kier molecular flexibility index (Phi) is 5.96. The van der Waals surface area contributed by atoms with E-state index in [1.54, 1.807) is 18.2 Å². The largest absolute Gasteiger partial charge is 0.507 e. The van der Waals surface area contributed by atoms with E-state index in [4.69, 9.17) is 15.2 Å². The van der Waals surface area contributed by atoms with Gasteiger partial charge < -0.3 is 15.4 Å². The molecule has 0 aromatic heterocycles. The highest BCUT2D eigenvalue weighted by molar-refractivity contribution is 5.85. The van der Waals surface area contributed by atoms with Gasteiger partial charge in [0, 0.05) is 11.6 Å². The van der Waals surface area contributed by atoms with Crippen LogP contribution in [0.4, 0.5) is 0 Å². The normalized spacial score (nSPS) is 9.07. The van der Waals surface area contributed by atoms with Gasteiger partial charge >= 0.3 is 5.97 Å². The number of carbonyl (C=O) groups is 1. The maximum absolute atomic E-state index is 10.1. The quantitative estimate of drug-likeness (QED) is 0.391. The Morgan fingerprint density at radius 2 is 1.87 bits per heavy atom. The van der Waals surface area contributed by atoms with Crippen molar-refractivity contribution in [1.82, 2.24) is 0 Å². The lowest BCUT2D eigenvalue weighted by Crippen LogP contribution is -1.85. The van der Waals surface area contributed by atoms with E-state index in [2.05, 4.69) is 0 Å². The van der Waals surface area contributed by atoms with Crippen LogP contribution in [0.2, 0.25) is 0 Å². The minimum atomic E-state index is -1.03. The summed E-state index contributed by atoms with van der Waals surface area (Å²) in [6.07, 6.45) is 2.33. The van der Waals surface area contributed by atoms with Gasteiger partial charge in [0.25, 0.3) is 0 Å². The van der Waals surface area contributed by atoms with E-state index in [-0.39, 0.29) is 5.75 Å². The molecule has 0 bridgehead atoms. The van der Waals surface area contributed by atoms with Crippen LogP contribution in [0.3, 0.4) is 0 Å². The second-order valence-corrected chi connectivity index (χ2v) is 2.31. The summed E-state index contributed by atoms with van der Waals surface area (Å²) in [6, 6.07) is 6.53. The first-order valence-electron chi connectivity index (χ1n) is 3.77. The topological polar surface area (TPSA) is 107 Å². The SMILES string of the molecule is O=C(O)C=Cc1ccccc1O.O=NO. The number of hydrogen-bond acceptors (Lipinski definition) is 4. The van der Waals surface area contributed by atoms with Crippen LogP contribution in [0.5, 0.6) is 5.75 Å². The third kappa shape index (κ3) is 5.81. The molecule has 0 saturated carbocycles. The Hall–Kier alpha value is -2.37. The molecule has 3 N–H and O–H groups in total. The minimum Gasteiger partial charge on any atom is -0.507 e. The Bertz CT molecular complexity index is 361. The molecule has 0 fully saturated rings. The first-order chi connectivity index (χ1) is 7.11. The molecule has 0 heterocycles. The Morgan fingerprint density at radius 1 is 1.33 bits per heavy atom. The van der Waals surface area contributed by atoms with Gasteiger partial charge in [-0.3, -0.25) is 0 Å². The van der Waals surface area contributed by atoms with Gasteiger partial charge in [-0.05, 0) is 12.1 Å².